The van der Waals surface area contributed by atoms with Gasteiger partial charge in [-0.3, -0.25) is 0 Å². The molecule has 0 radical (unpaired) electrons. The molecule has 1 aromatic rings. The average molecular weight is 247 g/mol. The molecule has 1 N–H and O–H groups in total. The summed E-state index contributed by atoms with van der Waals surface area (Å²) < 4.78 is 0. The van der Waals surface area contributed by atoms with Crippen molar-refractivity contribution in [2.24, 2.45) is 5.92 Å². The highest BCUT2D eigenvalue weighted by Crippen LogP contribution is 2.20. The molecule has 0 bridgehead atoms. The number of phenols is 1. The second-order valence-electron chi connectivity index (χ2n) is 5.77. The SMILES string of the molecule is CC1CCN(C(C)CCc2ccc(O)cc2)CC1. The molecule has 1 fully saturated rings. The minimum Gasteiger partial charge on any atom is -0.508 e. The molecule has 2 rings (SSSR count). The lowest BCUT2D eigenvalue weighted by Gasteiger charge is -2.35. The lowest BCUT2D eigenvalue weighted by atomic mass is 9.96. The van der Waals surface area contributed by atoms with Crippen LogP contribution >= 0.6 is 0 Å². The van der Waals surface area contributed by atoms with Crippen molar-refractivity contribution in [2.75, 3.05) is 13.1 Å². The minimum atomic E-state index is 0.358. The Morgan fingerprint density at radius 1 is 1.22 bits per heavy atom. The predicted molar refractivity (Wildman–Crippen MR) is 75.9 cm³/mol. The zero-order valence-corrected chi connectivity index (χ0v) is 11.6. The van der Waals surface area contributed by atoms with Crippen LogP contribution in [0, 0.1) is 5.92 Å². The summed E-state index contributed by atoms with van der Waals surface area (Å²) in [5.74, 6) is 1.27. The number of hydrogen-bond donors (Lipinski definition) is 1. The molecule has 0 aliphatic carbocycles. The number of nitrogens with zero attached hydrogens (tertiary/aromatic N) is 1. The van der Waals surface area contributed by atoms with Gasteiger partial charge in [-0.25, -0.2) is 0 Å². The fourth-order valence-corrected chi connectivity index (χ4v) is 2.69. The van der Waals surface area contributed by atoms with Crippen LogP contribution in [0.3, 0.4) is 0 Å². The summed E-state index contributed by atoms with van der Waals surface area (Å²) in [7, 11) is 0. The lowest BCUT2D eigenvalue weighted by molar-refractivity contribution is 0.141. The van der Waals surface area contributed by atoms with Crippen molar-refractivity contribution in [1.82, 2.24) is 4.90 Å². The Balaban J connectivity index is 1.77. The Morgan fingerprint density at radius 3 is 2.44 bits per heavy atom. The van der Waals surface area contributed by atoms with Gasteiger partial charge in [0.1, 0.15) is 5.75 Å². The molecular formula is C16H25NO. The molecule has 1 saturated heterocycles. The van der Waals surface area contributed by atoms with E-state index in [9.17, 15) is 5.11 Å². The minimum absolute atomic E-state index is 0.358. The first-order chi connectivity index (χ1) is 8.65. The van der Waals surface area contributed by atoms with Gasteiger partial charge in [-0.05, 0) is 69.3 Å². The maximum absolute atomic E-state index is 9.25. The molecule has 1 aliphatic rings. The fraction of sp³-hybridized carbons (Fsp3) is 0.625. The fourth-order valence-electron chi connectivity index (χ4n) is 2.69. The van der Waals surface area contributed by atoms with Crippen LogP contribution in [-0.4, -0.2) is 29.1 Å². The molecular weight excluding hydrogens is 222 g/mol. The van der Waals surface area contributed by atoms with Crippen LogP contribution in [0.5, 0.6) is 5.75 Å². The summed E-state index contributed by atoms with van der Waals surface area (Å²) in [6.45, 7) is 7.23. The summed E-state index contributed by atoms with van der Waals surface area (Å²) in [4.78, 5) is 2.63. The molecule has 100 valence electrons. The van der Waals surface area contributed by atoms with Gasteiger partial charge in [-0.1, -0.05) is 19.1 Å². The summed E-state index contributed by atoms with van der Waals surface area (Å²) in [5.41, 5.74) is 1.32. The zero-order chi connectivity index (χ0) is 13.0. The first-order valence-electron chi connectivity index (χ1n) is 7.17. The van der Waals surface area contributed by atoms with Crippen LogP contribution in [0.25, 0.3) is 0 Å². The van der Waals surface area contributed by atoms with Gasteiger partial charge < -0.3 is 10.0 Å². The number of benzene rings is 1. The van der Waals surface area contributed by atoms with Crippen molar-refractivity contribution in [3.8, 4) is 5.75 Å². The van der Waals surface area contributed by atoms with Gasteiger partial charge in [-0.15, -0.1) is 0 Å². The van der Waals surface area contributed by atoms with Gasteiger partial charge in [0.2, 0.25) is 0 Å². The van der Waals surface area contributed by atoms with Crippen molar-refractivity contribution in [2.45, 2.75) is 45.6 Å². The molecule has 0 spiro atoms. The number of aromatic hydroxyl groups is 1. The lowest BCUT2D eigenvalue weighted by Crippen LogP contribution is -2.39. The van der Waals surface area contributed by atoms with E-state index < -0.39 is 0 Å². The highest BCUT2D eigenvalue weighted by atomic mass is 16.3. The van der Waals surface area contributed by atoms with Gasteiger partial charge in [0.15, 0.2) is 0 Å². The zero-order valence-electron chi connectivity index (χ0n) is 11.6. The molecule has 1 atom stereocenters. The van der Waals surface area contributed by atoms with E-state index in [0.29, 0.717) is 11.8 Å². The molecule has 1 heterocycles. The first-order valence-corrected chi connectivity index (χ1v) is 7.17. The van der Waals surface area contributed by atoms with Gasteiger partial charge in [-0.2, -0.15) is 0 Å². The van der Waals surface area contributed by atoms with Gasteiger partial charge in [0, 0.05) is 6.04 Å². The van der Waals surface area contributed by atoms with Crippen molar-refractivity contribution >= 4 is 0 Å². The smallest absolute Gasteiger partial charge is 0.115 e. The molecule has 1 aromatic carbocycles. The first kappa shape index (κ1) is 13.4. The van der Waals surface area contributed by atoms with Crippen LogP contribution in [0.1, 0.15) is 38.7 Å². The summed E-state index contributed by atoms with van der Waals surface area (Å²) in [5, 5.41) is 9.25. The average Bonchev–Trinajstić information content (AvgIpc) is 2.38. The van der Waals surface area contributed by atoms with E-state index >= 15 is 0 Å². The molecule has 1 aliphatic heterocycles. The Kier molecular flexibility index (Phi) is 4.65. The molecule has 1 unspecified atom stereocenters. The molecule has 2 heteroatoms. The van der Waals surface area contributed by atoms with Crippen LogP contribution in [0.4, 0.5) is 0 Å². The number of hydrogen-bond acceptors (Lipinski definition) is 2. The maximum atomic E-state index is 9.25. The number of likely N-dealkylation sites (tertiary alicyclic amines) is 1. The number of aryl methyl sites for hydroxylation is 1. The summed E-state index contributed by atoms with van der Waals surface area (Å²) >= 11 is 0. The molecule has 0 amide bonds. The molecule has 2 nitrogen and oxygen atoms in total. The maximum Gasteiger partial charge on any atom is 0.115 e. The van der Waals surface area contributed by atoms with Gasteiger partial charge >= 0.3 is 0 Å². The molecule has 0 aromatic heterocycles. The van der Waals surface area contributed by atoms with Crippen LogP contribution in [0.2, 0.25) is 0 Å². The van der Waals surface area contributed by atoms with Crippen LogP contribution in [0.15, 0.2) is 24.3 Å². The standard InChI is InChI=1S/C16H25NO/c1-13-9-11-17(12-10-13)14(2)3-4-15-5-7-16(18)8-6-15/h5-8,13-14,18H,3-4,9-12H2,1-2H3. The van der Waals surface area contributed by atoms with Crippen molar-refractivity contribution in [3.63, 3.8) is 0 Å². The highest BCUT2D eigenvalue weighted by molar-refractivity contribution is 5.25. The largest absolute Gasteiger partial charge is 0.508 e. The van der Waals surface area contributed by atoms with Gasteiger partial charge in [0.25, 0.3) is 0 Å². The highest BCUT2D eigenvalue weighted by Gasteiger charge is 2.19. The van der Waals surface area contributed by atoms with E-state index in [2.05, 4.69) is 18.7 Å². The Bertz CT molecular complexity index is 352. The van der Waals surface area contributed by atoms with Gasteiger partial charge in [0.05, 0.1) is 0 Å². The monoisotopic (exact) mass is 247 g/mol. The summed E-state index contributed by atoms with van der Waals surface area (Å²) in [6, 6.07) is 8.29. The van der Waals surface area contributed by atoms with E-state index in [1.54, 1.807) is 12.1 Å². The third kappa shape index (κ3) is 3.74. The van der Waals surface area contributed by atoms with E-state index in [-0.39, 0.29) is 0 Å². The quantitative estimate of drug-likeness (QED) is 0.881. The van der Waals surface area contributed by atoms with E-state index in [1.165, 1.54) is 37.9 Å². The van der Waals surface area contributed by atoms with E-state index in [4.69, 9.17) is 0 Å². The van der Waals surface area contributed by atoms with Crippen molar-refractivity contribution in [1.29, 1.82) is 0 Å². The van der Waals surface area contributed by atoms with Crippen LogP contribution < -0.4 is 0 Å². The third-order valence-corrected chi connectivity index (χ3v) is 4.23. The normalized spacial score (nSPS) is 19.9. The topological polar surface area (TPSA) is 23.5 Å². The van der Waals surface area contributed by atoms with Crippen molar-refractivity contribution in [3.05, 3.63) is 29.8 Å². The Labute approximate surface area is 111 Å². The second kappa shape index (κ2) is 6.24. The number of piperidine rings is 1. The second-order valence-corrected chi connectivity index (χ2v) is 5.77. The van der Waals surface area contributed by atoms with E-state index in [1.807, 2.05) is 12.1 Å². The molecule has 18 heavy (non-hydrogen) atoms. The Morgan fingerprint density at radius 2 is 1.83 bits per heavy atom. The number of phenolic OH excluding ortho intramolecular Hbond substituents is 1. The van der Waals surface area contributed by atoms with Crippen molar-refractivity contribution < 1.29 is 5.11 Å². The Hall–Kier alpha value is -1.02. The van der Waals surface area contributed by atoms with Crippen LogP contribution in [-0.2, 0) is 6.42 Å². The predicted octanol–water partition coefficient (Wildman–Crippen LogP) is 3.45. The summed E-state index contributed by atoms with van der Waals surface area (Å²) in [6.07, 6.45) is 5.01. The number of rotatable bonds is 4. The van der Waals surface area contributed by atoms with E-state index in [0.717, 1.165) is 12.3 Å². The molecule has 0 saturated carbocycles. The third-order valence-electron chi connectivity index (χ3n) is 4.23.